The number of alkyl halides is 2. The van der Waals surface area contributed by atoms with Gasteiger partial charge in [-0.05, 0) is 55.5 Å². The highest BCUT2D eigenvalue weighted by Gasteiger charge is 2.48. The van der Waals surface area contributed by atoms with Crippen molar-refractivity contribution in [3.05, 3.63) is 65.2 Å². The van der Waals surface area contributed by atoms with Crippen LogP contribution in [0.3, 0.4) is 0 Å². The van der Waals surface area contributed by atoms with E-state index in [4.69, 9.17) is 14.7 Å². The van der Waals surface area contributed by atoms with Crippen molar-refractivity contribution < 1.29 is 33.1 Å². The minimum Gasteiger partial charge on any atom is -0.497 e. The van der Waals surface area contributed by atoms with Crippen LogP contribution < -0.4 is 15.5 Å². The number of carbonyl (C=O) groups is 2. The topological polar surface area (TPSA) is 96.9 Å². The van der Waals surface area contributed by atoms with E-state index >= 15 is 0 Å². The molecule has 0 saturated heterocycles. The molecule has 2 atom stereocenters. The molecule has 7 nitrogen and oxygen atoms in total. The van der Waals surface area contributed by atoms with Gasteiger partial charge in [-0.3, -0.25) is 14.8 Å². The quantitative estimate of drug-likeness (QED) is 0.355. The molecular weight excluding hydrogens is 410 g/mol. The zero-order valence-electron chi connectivity index (χ0n) is 17.1. The first kappa shape index (κ1) is 23.8. The van der Waals surface area contributed by atoms with Gasteiger partial charge in [0.25, 0.3) is 18.2 Å². The minimum absolute atomic E-state index is 0.110. The van der Waals surface area contributed by atoms with Crippen LogP contribution in [-0.2, 0) is 9.53 Å². The zero-order valence-corrected chi connectivity index (χ0v) is 17.1. The molecule has 0 bridgehead atoms. The van der Waals surface area contributed by atoms with Crippen molar-refractivity contribution in [1.29, 1.82) is 0 Å². The van der Waals surface area contributed by atoms with Crippen LogP contribution in [0, 0.1) is 11.8 Å². The van der Waals surface area contributed by atoms with E-state index in [0.717, 1.165) is 19.6 Å². The number of nitrogens with one attached hydrogen (secondary N) is 2. The predicted molar refractivity (Wildman–Crippen MR) is 108 cm³/mol. The van der Waals surface area contributed by atoms with Crippen LogP contribution in [0.25, 0.3) is 0 Å². The molecule has 0 aliphatic heterocycles. The third kappa shape index (κ3) is 5.78. The molecule has 2 aromatic carbocycles. The Kier molecular flexibility index (Phi) is 8.07. The fourth-order valence-corrected chi connectivity index (χ4v) is 2.60. The van der Waals surface area contributed by atoms with E-state index in [-0.39, 0.29) is 5.56 Å². The Balaban J connectivity index is 2.16. The molecule has 0 saturated carbocycles. The van der Waals surface area contributed by atoms with Crippen LogP contribution in [0.2, 0.25) is 0 Å². The van der Waals surface area contributed by atoms with Crippen LogP contribution in [0.1, 0.15) is 28.4 Å². The van der Waals surface area contributed by atoms with E-state index in [9.17, 15) is 18.4 Å². The maximum atomic E-state index is 13.4. The fourth-order valence-electron chi connectivity index (χ4n) is 2.60. The summed E-state index contributed by atoms with van der Waals surface area (Å²) in [4.78, 5) is 24.4. The highest BCUT2D eigenvalue weighted by molar-refractivity contribution is 5.97. The Morgan fingerprint density at radius 1 is 1.00 bits per heavy atom. The van der Waals surface area contributed by atoms with Gasteiger partial charge in [-0.2, -0.15) is 0 Å². The van der Waals surface area contributed by atoms with E-state index in [2.05, 4.69) is 17.2 Å². The van der Waals surface area contributed by atoms with Crippen molar-refractivity contribution in [3.63, 3.8) is 0 Å². The first-order valence-corrected chi connectivity index (χ1v) is 9.09. The number of methoxy groups -OCH3 is 2. The van der Waals surface area contributed by atoms with E-state index in [1.54, 1.807) is 43.5 Å². The highest BCUT2D eigenvalue weighted by Crippen LogP contribution is 2.24. The normalized spacial score (nSPS) is 13.4. The molecule has 3 N–H and O–H groups in total. The summed E-state index contributed by atoms with van der Waals surface area (Å²) in [5.41, 5.74) is 0.414. The highest BCUT2D eigenvalue weighted by atomic mass is 19.3. The molecule has 0 heterocycles. The molecular formula is C22H22F2N2O5. The van der Waals surface area contributed by atoms with Gasteiger partial charge in [0.15, 0.2) is 5.60 Å². The Hall–Kier alpha value is -3.48. The van der Waals surface area contributed by atoms with Gasteiger partial charge < -0.3 is 14.8 Å². The number of ether oxygens (including phenoxy) is 2. The lowest BCUT2D eigenvalue weighted by molar-refractivity contribution is -0.157. The van der Waals surface area contributed by atoms with E-state index in [1.807, 2.05) is 0 Å². The van der Waals surface area contributed by atoms with Gasteiger partial charge in [0.2, 0.25) is 0 Å². The van der Waals surface area contributed by atoms with Crippen molar-refractivity contribution in [2.75, 3.05) is 14.2 Å². The van der Waals surface area contributed by atoms with Crippen molar-refractivity contribution in [1.82, 2.24) is 10.8 Å². The summed E-state index contributed by atoms with van der Waals surface area (Å²) in [5, 5.41) is 11.1. The van der Waals surface area contributed by atoms with E-state index < -0.39 is 29.9 Å². The summed E-state index contributed by atoms with van der Waals surface area (Å²) in [7, 11) is 2.55. The van der Waals surface area contributed by atoms with Crippen molar-refractivity contribution in [2.45, 2.75) is 25.0 Å². The molecule has 2 aromatic rings. The number of hydrogen-bond donors (Lipinski definition) is 3. The van der Waals surface area contributed by atoms with Gasteiger partial charge in [-0.15, -0.1) is 0 Å². The molecule has 0 radical (unpaired) electrons. The molecule has 31 heavy (non-hydrogen) atoms. The number of halogens is 2. The van der Waals surface area contributed by atoms with Crippen LogP contribution >= 0.6 is 0 Å². The standard InChI is InChI=1S/C22H22F2N2O5/c1-22(31-3,21(23)24)18(20(28)26-29)25-19(27)16-10-6-14(7-11-16)4-5-15-8-12-17(30-2)13-9-15/h6-13,18,21,29H,1-3H3,(H,25,27)(H,26,28)/t18-,22?/m1/s1. The molecule has 2 rings (SSSR count). The van der Waals surface area contributed by atoms with Crippen molar-refractivity contribution in [2.24, 2.45) is 0 Å². The minimum atomic E-state index is -3.12. The van der Waals surface area contributed by atoms with Gasteiger partial charge in [-0.1, -0.05) is 11.8 Å². The first-order chi connectivity index (χ1) is 14.7. The van der Waals surface area contributed by atoms with Gasteiger partial charge in [0.1, 0.15) is 11.8 Å². The molecule has 2 amide bonds. The number of rotatable bonds is 7. The van der Waals surface area contributed by atoms with Crippen LogP contribution in [0.15, 0.2) is 48.5 Å². The number of amides is 2. The van der Waals surface area contributed by atoms with Gasteiger partial charge >= 0.3 is 0 Å². The molecule has 9 heteroatoms. The molecule has 0 spiro atoms. The lowest BCUT2D eigenvalue weighted by Gasteiger charge is -2.34. The van der Waals surface area contributed by atoms with Crippen LogP contribution in [-0.4, -0.2) is 49.3 Å². The zero-order chi connectivity index (χ0) is 23.0. The molecule has 0 aliphatic rings. The Labute approximate surface area is 178 Å². The SMILES string of the molecule is COc1ccc(C#Cc2ccc(C(=O)N[C@H](C(=O)NO)C(C)(OC)C(F)F)cc2)cc1. The third-order valence-electron chi connectivity index (χ3n) is 4.68. The average Bonchev–Trinajstić information content (AvgIpc) is 2.80. The third-order valence-corrected chi connectivity index (χ3v) is 4.68. The summed E-state index contributed by atoms with van der Waals surface area (Å²) >= 11 is 0. The van der Waals surface area contributed by atoms with Crippen LogP contribution in [0.4, 0.5) is 8.78 Å². The molecule has 0 fully saturated rings. The average molecular weight is 432 g/mol. The summed E-state index contributed by atoms with van der Waals surface area (Å²) in [5.74, 6) is 4.59. The second kappa shape index (κ2) is 10.5. The molecule has 1 unspecified atom stereocenters. The summed E-state index contributed by atoms with van der Waals surface area (Å²) in [6.45, 7) is 0.954. The molecule has 164 valence electrons. The van der Waals surface area contributed by atoms with Crippen molar-refractivity contribution >= 4 is 11.8 Å². The smallest absolute Gasteiger partial charge is 0.269 e. The number of hydrogen-bond acceptors (Lipinski definition) is 5. The summed E-state index contributed by atoms with van der Waals surface area (Å²) in [6, 6.07) is 11.4. The number of carbonyl (C=O) groups excluding carboxylic acids is 2. The van der Waals surface area contributed by atoms with Crippen LogP contribution in [0.5, 0.6) is 5.75 Å². The lowest BCUT2D eigenvalue weighted by atomic mass is 9.95. The fraction of sp³-hybridized carbons (Fsp3) is 0.273. The predicted octanol–water partition coefficient (Wildman–Crippen LogP) is 2.37. The monoisotopic (exact) mass is 432 g/mol. The molecule has 0 aliphatic carbocycles. The van der Waals surface area contributed by atoms with Gasteiger partial charge in [-0.25, -0.2) is 14.3 Å². The largest absolute Gasteiger partial charge is 0.497 e. The van der Waals surface area contributed by atoms with E-state index in [0.29, 0.717) is 11.3 Å². The first-order valence-electron chi connectivity index (χ1n) is 9.09. The number of benzene rings is 2. The second-order valence-electron chi connectivity index (χ2n) is 6.63. The second-order valence-corrected chi connectivity index (χ2v) is 6.63. The maximum absolute atomic E-state index is 13.4. The Morgan fingerprint density at radius 2 is 1.52 bits per heavy atom. The van der Waals surface area contributed by atoms with Gasteiger partial charge in [0, 0.05) is 23.8 Å². The maximum Gasteiger partial charge on any atom is 0.269 e. The van der Waals surface area contributed by atoms with Gasteiger partial charge in [0.05, 0.1) is 7.11 Å². The summed E-state index contributed by atoms with van der Waals surface area (Å²) < 4.78 is 36.7. The van der Waals surface area contributed by atoms with Crippen molar-refractivity contribution in [3.8, 4) is 17.6 Å². The Morgan fingerprint density at radius 3 is 1.94 bits per heavy atom. The lowest BCUT2D eigenvalue weighted by Crippen LogP contribution is -2.62. The molecule has 0 aromatic heterocycles. The number of hydroxylamine groups is 1. The van der Waals surface area contributed by atoms with E-state index in [1.165, 1.54) is 17.6 Å². The summed E-state index contributed by atoms with van der Waals surface area (Å²) in [6.07, 6.45) is -3.12. The Bertz CT molecular complexity index is 968.